The Balaban J connectivity index is 1.90. The molecule has 0 aliphatic carbocycles. The molecule has 2 aromatic carbocycles. The van der Waals surface area contributed by atoms with Crippen molar-refractivity contribution in [2.45, 2.75) is 6.18 Å². The molecule has 0 saturated carbocycles. The standard InChI is InChI=1S/C15H11ClF4N2O/c16-12-7-11(5-6-13(12)17)21-8-14(23)22-10-3-1-9(2-4-10)15(18,19)20/h1-7,21H,8H2,(H,22,23). The number of halogens is 5. The van der Waals surface area contributed by atoms with Crippen LogP contribution in [0.2, 0.25) is 5.02 Å². The Morgan fingerprint density at radius 1 is 1.04 bits per heavy atom. The first kappa shape index (κ1) is 17.1. The summed E-state index contributed by atoms with van der Waals surface area (Å²) in [5, 5.41) is 5.08. The van der Waals surface area contributed by atoms with Crippen molar-refractivity contribution >= 4 is 28.9 Å². The molecule has 0 bridgehead atoms. The van der Waals surface area contributed by atoms with E-state index in [1.165, 1.54) is 12.1 Å². The van der Waals surface area contributed by atoms with Gasteiger partial charge >= 0.3 is 6.18 Å². The van der Waals surface area contributed by atoms with E-state index in [0.717, 1.165) is 30.3 Å². The first-order valence-corrected chi connectivity index (χ1v) is 6.79. The van der Waals surface area contributed by atoms with Gasteiger partial charge in [0.05, 0.1) is 17.1 Å². The van der Waals surface area contributed by atoms with Gasteiger partial charge in [-0.25, -0.2) is 4.39 Å². The second-order valence-electron chi connectivity index (χ2n) is 4.61. The summed E-state index contributed by atoms with van der Waals surface area (Å²) in [5.74, 6) is -1.04. The van der Waals surface area contributed by atoms with E-state index in [4.69, 9.17) is 11.6 Å². The van der Waals surface area contributed by atoms with Crippen molar-refractivity contribution in [3.05, 3.63) is 58.9 Å². The molecule has 2 rings (SSSR count). The molecule has 122 valence electrons. The molecule has 0 spiro atoms. The molecule has 0 unspecified atom stereocenters. The third-order valence-electron chi connectivity index (χ3n) is 2.87. The van der Waals surface area contributed by atoms with Crippen molar-refractivity contribution in [3.8, 4) is 0 Å². The van der Waals surface area contributed by atoms with Crippen molar-refractivity contribution in [2.24, 2.45) is 0 Å². The van der Waals surface area contributed by atoms with Crippen LogP contribution in [0.1, 0.15) is 5.56 Å². The highest BCUT2D eigenvalue weighted by Gasteiger charge is 2.29. The van der Waals surface area contributed by atoms with Crippen molar-refractivity contribution in [1.29, 1.82) is 0 Å². The molecule has 2 aromatic rings. The molecule has 0 fully saturated rings. The molecular formula is C15H11ClF4N2O. The van der Waals surface area contributed by atoms with E-state index < -0.39 is 23.5 Å². The van der Waals surface area contributed by atoms with Crippen LogP contribution >= 0.6 is 11.6 Å². The van der Waals surface area contributed by atoms with Crippen molar-refractivity contribution in [3.63, 3.8) is 0 Å². The summed E-state index contributed by atoms with van der Waals surface area (Å²) in [4.78, 5) is 11.7. The third kappa shape index (κ3) is 4.85. The van der Waals surface area contributed by atoms with Crippen molar-refractivity contribution in [2.75, 3.05) is 17.2 Å². The van der Waals surface area contributed by atoms with E-state index in [1.54, 1.807) is 0 Å². The summed E-state index contributed by atoms with van der Waals surface area (Å²) < 4.78 is 50.2. The molecule has 0 aliphatic heterocycles. The van der Waals surface area contributed by atoms with Gasteiger partial charge in [0.2, 0.25) is 5.91 Å². The number of hydrogen-bond acceptors (Lipinski definition) is 2. The van der Waals surface area contributed by atoms with E-state index in [0.29, 0.717) is 5.69 Å². The lowest BCUT2D eigenvalue weighted by Gasteiger charge is -2.10. The smallest absolute Gasteiger partial charge is 0.376 e. The van der Waals surface area contributed by atoms with Crippen LogP contribution in [0.4, 0.5) is 28.9 Å². The first-order chi connectivity index (χ1) is 10.8. The van der Waals surface area contributed by atoms with E-state index >= 15 is 0 Å². The maximum atomic E-state index is 13.0. The van der Waals surface area contributed by atoms with Crippen LogP contribution in [0.5, 0.6) is 0 Å². The maximum absolute atomic E-state index is 13.0. The van der Waals surface area contributed by atoms with Crippen LogP contribution < -0.4 is 10.6 Å². The van der Waals surface area contributed by atoms with Gasteiger partial charge in [0.1, 0.15) is 5.82 Å². The number of alkyl halides is 3. The number of hydrogen-bond donors (Lipinski definition) is 2. The fraction of sp³-hybridized carbons (Fsp3) is 0.133. The summed E-state index contributed by atoms with van der Waals surface area (Å²) in [7, 11) is 0. The van der Waals surface area contributed by atoms with Crippen LogP contribution in [0.25, 0.3) is 0 Å². The minimum atomic E-state index is -4.42. The highest BCUT2D eigenvalue weighted by Crippen LogP contribution is 2.29. The second kappa shape index (κ2) is 6.87. The topological polar surface area (TPSA) is 41.1 Å². The number of carbonyl (C=O) groups is 1. The number of amides is 1. The Kier molecular flexibility index (Phi) is 5.10. The summed E-state index contributed by atoms with van der Waals surface area (Å²) in [6, 6.07) is 7.96. The normalized spacial score (nSPS) is 11.2. The zero-order chi connectivity index (χ0) is 17.0. The summed E-state index contributed by atoms with van der Waals surface area (Å²) in [6.07, 6.45) is -4.42. The molecule has 2 N–H and O–H groups in total. The van der Waals surface area contributed by atoms with Gasteiger partial charge in [-0.15, -0.1) is 0 Å². The Bertz CT molecular complexity index is 702. The van der Waals surface area contributed by atoms with Gasteiger partial charge < -0.3 is 10.6 Å². The fourth-order valence-electron chi connectivity index (χ4n) is 1.74. The molecule has 0 aliphatic rings. The van der Waals surface area contributed by atoms with Gasteiger partial charge in [-0.05, 0) is 42.5 Å². The van der Waals surface area contributed by atoms with Crippen molar-refractivity contribution < 1.29 is 22.4 Å². The highest BCUT2D eigenvalue weighted by molar-refractivity contribution is 6.31. The molecule has 8 heteroatoms. The van der Waals surface area contributed by atoms with E-state index in [-0.39, 0.29) is 17.3 Å². The molecule has 3 nitrogen and oxygen atoms in total. The van der Waals surface area contributed by atoms with Crippen LogP contribution in [0.15, 0.2) is 42.5 Å². The number of benzene rings is 2. The number of anilines is 2. The molecule has 0 saturated heterocycles. The average Bonchev–Trinajstić information content (AvgIpc) is 2.48. The van der Waals surface area contributed by atoms with Gasteiger partial charge in [-0.3, -0.25) is 4.79 Å². The lowest BCUT2D eigenvalue weighted by Crippen LogP contribution is -2.21. The zero-order valence-corrected chi connectivity index (χ0v) is 12.3. The summed E-state index contributed by atoms with van der Waals surface area (Å²) >= 11 is 5.60. The predicted molar refractivity (Wildman–Crippen MR) is 80.0 cm³/mol. The van der Waals surface area contributed by atoms with Crippen LogP contribution in [-0.2, 0) is 11.0 Å². The van der Waals surface area contributed by atoms with Crippen LogP contribution in [0, 0.1) is 5.82 Å². The van der Waals surface area contributed by atoms with Gasteiger partial charge in [0.25, 0.3) is 0 Å². The molecule has 0 aromatic heterocycles. The Morgan fingerprint density at radius 3 is 2.22 bits per heavy atom. The number of carbonyl (C=O) groups excluding carboxylic acids is 1. The van der Waals surface area contributed by atoms with Crippen LogP contribution in [0.3, 0.4) is 0 Å². The summed E-state index contributed by atoms with van der Waals surface area (Å²) in [5.41, 5.74) is -0.115. The molecule has 0 heterocycles. The Morgan fingerprint density at radius 2 is 1.65 bits per heavy atom. The maximum Gasteiger partial charge on any atom is 0.416 e. The summed E-state index contributed by atoms with van der Waals surface area (Å²) in [6.45, 7) is -0.150. The first-order valence-electron chi connectivity index (χ1n) is 6.42. The minimum Gasteiger partial charge on any atom is -0.376 e. The SMILES string of the molecule is O=C(CNc1ccc(F)c(Cl)c1)Nc1ccc(C(F)(F)F)cc1. The van der Waals surface area contributed by atoms with Crippen molar-refractivity contribution in [1.82, 2.24) is 0 Å². The zero-order valence-electron chi connectivity index (χ0n) is 11.5. The van der Waals surface area contributed by atoms with Gasteiger partial charge in [0.15, 0.2) is 0 Å². The second-order valence-corrected chi connectivity index (χ2v) is 5.01. The lowest BCUT2D eigenvalue weighted by molar-refractivity contribution is -0.137. The number of nitrogens with one attached hydrogen (secondary N) is 2. The molecular weight excluding hydrogens is 336 g/mol. The third-order valence-corrected chi connectivity index (χ3v) is 3.16. The lowest BCUT2D eigenvalue weighted by atomic mass is 10.2. The fourth-order valence-corrected chi connectivity index (χ4v) is 1.92. The predicted octanol–water partition coefficient (Wildman–Crippen LogP) is 4.55. The molecule has 0 radical (unpaired) electrons. The van der Waals surface area contributed by atoms with Crippen LogP contribution in [-0.4, -0.2) is 12.5 Å². The van der Waals surface area contributed by atoms with Gasteiger partial charge in [-0.1, -0.05) is 11.6 Å². The quantitative estimate of drug-likeness (QED) is 0.797. The van der Waals surface area contributed by atoms with E-state index in [2.05, 4.69) is 10.6 Å². The average molecular weight is 347 g/mol. The molecule has 0 atom stereocenters. The Hall–Kier alpha value is -2.28. The van der Waals surface area contributed by atoms with Gasteiger partial charge in [0, 0.05) is 11.4 Å². The van der Waals surface area contributed by atoms with Gasteiger partial charge in [-0.2, -0.15) is 13.2 Å². The van der Waals surface area contributed by atoms with E-state index in [1.807, 2.05) is 0 Å². The largest absolute Gasteiger partial charge is 0.416 e. The molecule has 23 heavy (non-hydrogen) atoms. The van der Waals surface area contributed by atoms with E-state index in [9.17, 15) is 22.4 Å². The minimum absolute atomic E-state index is 0.0850. The number of rotatable bonds is 4. The monoisotopic (exact) mass is 346 g/mol. The highest BCUT2D eigenvalue weighted by atomic mass is 35.5. The Labute approximate surface area is 134 Å². The molecule has 1 amide bonds.